The molecule has 1 amide bonds. The van der Waals surface area contributed by atoms with Crippen LogP contribution in [-0.2, 0) is 4.74 Å². The number of ether oxygens (including phenoxy) is 1. The number of nitriles is 1. The third kappa shape index (κ3) is 6.55. The summed E-state index contributed by atoms with van der Waals surface area (Å²) in [6, 6.07) is 7.24. The topological polar surface area (TPSA) is 75.0 Å². The molecule has 1 rings (SSSR count). The Kier molecular flexibility index (Phi) is 5.73. The van der Waals surface area contributed by atoms with Crippen LogP contribution < -0.4 is 5.32 Å². The van der Waals surface area contributed by atoms with E-state index in [2.05, 4.69) is 10.3 Å². The lowest BCUT2D eigenvalue weighted by atomic mass is 10.2. The normalized spacial score (nSPS) is 11.1. The smallest absolute Gasteiger partial charge is 0.407 e. The van der Waals surface area contributed by atoms with Crippen molar-refractivity contribution in [3.05, 3.63) is 35.7 Å². The van der Waals surface area contributed by atoms with Crippen LogP contribution in [-0.4, -0.2) is 23.2 Å². The van der Waals surface area contributed by atoms with E-state index >= 15 is 0 Å². The van der Waals surface area contributed by atoms with Gasteiger partial charge in [0.2, 0.25) is 0 Å². The fourth-order valence-electron chi connectivity index (χ4n) is 1.38. The number of aromatic nitrogens is 1. The van der Waals surface area contributed by atoms with Crippen molar-refractivity contribution >= 4 is 12.2 Å². The number of nitrogens with zero attached hydrogens (tertiary/aromatic N) is 2. The van der Waals surface area contributed by atoms with Crippen LogP contribution >= 0.6 is 0 Å². The predicted molar refractivity (Wildman–Crippen MR) is 76.8 cm³/mol. The lowest BCUT2D eigenvalue weighted by Gasteiger charge is -2.19. The van der Waals surface area contributed by atoms with Crippen LogP contribution in [0.5, 0.6) is 0 Å². The SMILES string of the molecule is CC(C)(C)OC(=O)NCCC=Cc1cccc(C#N)n1. The molecule has 20 heavy (non-hydrogen) atoms. The highest BCUT2D eigenvalue weighted by atomic mass is 16.6. The molecule has 1 N–H and O–H groups in total. The van der Waals surface area contributed by atoms with Crippen molar-refractivity contribution in [2.75, 3.05) is 6.54 Å². The zero-order valence-electron chi connectivity index (χ0n) is 12.0. The van der Waals surface area contributed by atoms with Gasteiger partial charge in [0.25, 0.3) is 0 Å². The molecule has 0 aliphatic rings. The van der Waals surface area contributed by atoms with E-state index in [1.54, 1.807) is 12.1 Å². The number of alkyl carbamates (subject to hydrolysis) is 1. The molecule has 0 saturated carbocycles. The molecule has 0 aliphatic heterocycles. The maximum Gasteiger partial charge on any atom is 0.407 e. The first-order valence-corrected chi connectivity index (χ1v) is 6.41. The Morgan fingerprint density at radius 2 is 2.25 bits per heavy atom. The summed E-state index contributed by atoms with van der Waals surface area (Å²) in [6.07, 6.45) is 3.95. The van der Waals surface area contributed by atoms with Gasteiger partial charge in [-0.05, 0) is 45.4 Å². The Morgan fingerprint density at radius 3 is 2.90 bits per heavy atom. The van der Waals surface area contributed by atoms with Crippen LogP contribution in [0, 0.1) is 11.3 Å². The van der Waals surface area contributed by atoms with Crippen LogP contribution in [0.3, 0.4) is 0 Å². The van der Waals surface area contributed by atoms with Crippen LogP contribution in [0.25, 0.3) is 6.08 Å². The van der Waals surface area contributed by atoms with Crippen LogP contribution in [0.15, 0.2) is 24.3 Å². The van der Waals surface area contributed by atoms with Crippen molar-refractivity contribution in [2.45, 2.75) is 32.8 Å². The second-order valence-electron chi connectivity index (χ2n) is 5.18. The molecule has 0 aromatic carbocycles. The molecule has 0 atom stereocenters. The van der Waals surface area contributed by atoms with E-state index in [0.29, 0.717) is 18.7 Å². The van der Waals surface area contributed by atoms with Gasteiger partial charge in [-0.15, -0.1) is 0 Å². The summed E-state index contributed by atoms with van der Waals surface area (Å²) in [4.78, 5) is 15.5. The Hall–Kier alpha value is -2.35. The molecule has 1 aromatic rings. The minimum absolute atomic E-state index is 0.388. The van der Waals surface area contributed by atoms with E-state index in [9.17, 15) is 4.79 Å². The highest BCUT2D eigenvalue weighted by Crippen LogP contribution is 2.06. The Labute approximate surface area is 119 Å². The predicted octanol–water partition coefficient (Wildman–Crippen LogP) is 2.88. The minimum atomic E-state index is -0.485. The highest BCUT2D eigenvalue weighted by molar-refractivity contribution is 5.67. The van der Waals surface area contributed by atoms with Gasteiger partial charge in [0.05, 0.1) is 5.69 Å². The Morgan fingerprint density at radius 1 is 1.50 bits per heavy atom. The molecular formula is C15H19N3O2. The molecule has 1 heterocycles. The number of hydrogen-bond donors (Lipinski definition) is 1. The third-order valence-electron chi connectivity index (χ3n) is 2.15. The molecule has 0 unspecified atom stereocenters. The van der Waals surface area contributed by atoms with Crippen molar-refractivity contribution in [3.8, 4) is 6.07 Å². The fraction of sp³-hybridized carbons (Fsp3) is 0.400. The fourth-order valence-corrected chi connectivity index (χ4v) is 1.38. The van der Waals surface area contributed by atoms with E-state index < -0.39 is 11.7 Å². The van der Waals surface area contributed by atoms with Gasteiger partial charge >= 0.3 is 6.09 Å². The number of pyridine rings is 1. The molecule has 0 radical (unpaired) electrons. The summed E-state index contributed by atoms with van der Waals surface area (Å²) >= 11 is 0. The first kappa shape index (κ1) is 15.7. The monoisotopic (exact) mass is 273 g/mol. The summed E-state index contributed by atoms with van der Waals surface area (Å²) < 4.78 is 5.11. The van der Waals surface area contributed by atoms with Crippen molar-refractivity contribution in [3.63, 3.8) is 0 Å². The second-order valence-corrected chi connectivity index (χ2v) is 5.18. The first-order chi connectivity index (χ1) is 9.40. The van der Waals surface area contributed by atoms with Crippen molar-refractivity contribution in [1.29, 1.82) is 5.26 Å². The minimum Gasteiger partial charge on any atom is -0.444 e. The maximum atomic E-state index is 11.4. The van der Waals surface area contributed by atoms with Crippen molar-refractivity contribution in [1.82, 2.24) is 10.3 Å². The average Bonchev–Trinajstić information content (AvgIpc) is 2.36. The number of carbonyl (C=O) groups excluding carboxylic acids is 1. The van der Waals surface area contributed by atoms with Gasteiger partial charge in [-0.3, -0.25) is 0 Å². The quantitative estimate of drug-likeness (QED) is 0.856. The standard InChI is InChI=1S/C15H19N3O2/c1-15(2,3)20-14(19)17-10-5-4-7-12-8-6-9-13(11-16)18-12/h4,6-9H,5,10H2,1-3H3,(H,17,19). The highest BCUT2D eigenvalue weighted by Gasteiger charge is 2.15. The van der Waals surface area contributed by atoms with Crippen molar-refractivity contribution < 1.29 is 9.53 Å². The summed E-state index contributed by atoms with van der Waals surface area (Å²) in [5, 5.41) is 11.4. The molecule has 5 nitrogen and oxygen atoms in total. The molecule has 5 heteroatoms. The van der Waals surface area contributed by atoms with Gasteiger partial charge in [0.15, 0.2) is 0 Å². The summed E-state index contributed by atoms with van der Waals surface area (Å²) in [7, 11) is 0. The molecule has 1 aromatic heterocycles. The Balaban J connectivity index is 2.32. The number of carbonyl (C=O) groups is 1. The largest absolute Gasteiger partial charge is 0.444 e. The van der Waals surface area contributed by atoms with Crippen LogP contribution in [0.1, 0.15) is 38.6 Å². The van der Waals surface area contributed by atoms with E-state index in [4.69, 9.17) is 10.00 Å². The maximum absolute atomic E-state index is 11.4. The van der Waals surface area contributed by atoms with Gasteiger partial charge < -0.3 is 10.1 Å². The van der Waals surface area contributed by atoms with Crippen molar-refractivity contribution in [2.24, 2.45) is 0 Å². The van der Waals surface area contributed by atoms with E-state index in [1.165, 1.54) is 0 Å². The van der Waals surface area contributed by atoms with Gasteiger partial charge in [0.1, 0.15) is 17.4 Å². The van der Waals surface area contributed by atoms with Crippen LogP contribution in [0.4, 0.5) is 4.79 Å². The zero-order valence-corrected chi connectivity index (χ0v) is 12.0. The van der Waals surface area contributed by atoms with E-state index in [-0.39, 0.29) is 0 Å². The molecule has 0 aliphatic carbocycles. The Bertz CT molecular complexity index is 525. The number of nitrogens with one attached hydrogen (secondary N) is 1. The molecule has 0 saturated heterocycles. The van der Waals surface area contributed by atoms with Gasteiger partial charge in [-0.2, -0.15) is 5.26 Å². The molecule has 106 valence electrons. The number of amides is 1. The average molecular weight is 273 g/mol. The first-order valence-electron chi connectivity index (χ1n) is 6.41. The lowest BCUT2D eigenvalue weighted by Crippen LogP contribution is -2.32. The van der Waals surface area contributed by atoms with Crippen LogP contribution in [0.2, 0.25) is 0 Å². The molecular weight excluding hydrogens is 254 g/mol. The summed E-state index contributed by atoms with van der Waals surface area (Å²) in [5.74, 6) is 0. The van der Waals surface area contributed by atoms with E-state index in [0.717, 1.165) is 5.69 Å². The molecule has 0 spiro atoms. The van der Waals surface area contributed by atoms with E-state index in [1.807, 2.05) is 45.1 Å². The zero-order chi connectivity index (χ0) is 15.0. The van der Waals surface area contributed by atoms with Gasteiger partial charge in [0, 0.05) is 6.54 Å². The number of rotatable bonds is 4. The summed E-state index contributed by atoms with van der Waals surface area (Å²) in [5.41, 5.74) is 0.627. The number of hydrogen-bond acceptors (Lipinski definition) is 4. The van der Waals surface area contributed by atoms with Gasteiger partial charge in [-0.1, -0.05) is 12.1 Å². The molecule has 0 fully saturated rings. The lowest BCUT2D eigenvalue weighted by molar-refractivity contribution is 0.0529. The molecule has 0 bridgehead atoms. The van der Waals surface area contributed by atoms with Gasteiger partial charge in [-0.25, -0.2) is 9.78 Å². The second kappa shape index (κ2) is 7.29. The summed E-state index contributed by atoms with van der Waals surface area (Å²) in [6.45, 7) is 5.95. The third-order valence-corrected chi connectivity index (χ3v) is 2.15.